The summed E-state index contributed by atoms with van der Waals surface area (Å²) in [5.41, 5.74) is 8.56. The summed E-state index contributed by atoms with van der Waals surface area (Å²) in [4.78, 5) is 4.76. The van der Waals surface area contributed by atoms with Crippen LogP contribution in [0.1, 0.15) is 38.4 Å². The van der Waals surface area contributed by atoms with Crippen molar-refractivity contribution < 1.29 is 0 Å². The summed E-state index contributed by atoms with van der Waals surface area (Å²) >= 11 is 0. The largest absolute Gasteiger partial charge is 0.326 e. The van der Waals surface area contributed by atoms with Gasteiger partial charge in [0.05, 0.1) is 16.6 Å². The molecule has 0 bridgehead atoms. The Hall–Kier alpha value is -1.35. The van der Waals surface area contributed by atoms with Crippen molar-refractivity contribution in [2.45, 2.75) is 44.7 Å². The highest BCUT2D eigenvalue weighted by Crippen LogP contribution is 2.39. The molecule has 0 amide bonds. The van der Waals surface area contributed by atoms with E-state index < -0.39 is 0 Å². The molecule has 0 spiro atoms. The quantitative estimate of drug-likeness (QED) is 0.879. The van der Waals surface area contributed by atoms with E-state index in [0.717, 1.165) is 37.1 Å². The first-order chi connectivity index (χ1) is 8.24. The Morgan fingerprint density at radius 1 is 1.35 bits per heavy atom. The van der Waals surface area contributed by atoms with Gasteiger partial charge in [0, 0.05) is 6.54 Å². The van der Waals surface area contributed by atoms with Crippen LogP contribution >= 0.6 is 0 Å². The van der Waals surface area contributed by atoms with E-state index in [1.807, 2.05) is 6.07 Å². The molecule has 1 fully saturated rings. The minimum Gasteiger partial charge on any atom is -0.326 e. The molecule has 3 heteroatoms. The molecule has 3 rings (SSSR count). The van der Waals surface area contributed by atoms with Gasteiger partial charge in [0.25, 0.3) is 0 Å². The van der Waals surface area contributed by atoms with Gasteiger partial charge in [-0.3, -0.25) is 0 Å². The topological polar surface area (TPSA) is 43.8 Å². The van der Waals surface area contributed by atoms with Gasteiger partial charge in [-0.25, -0.2) is 4.98 Å². The highest BCUT2D eigenvalue weighted by atomic mass is 15.1. The standard InChI is InChI=1S/C14H19N3/c1-2-10-17-12-7-4-3-6-11(12)16-13(17)14(15)8-5-9-14/h3-4,6-7H,2,5,8-10,15H2,1H3. The van der Waals surface area contributed by atoms with E-state index >= 15 is 0 Å². The van der Waals surface area contributed by atoms with Gasteiger partial charge in [0.1, 0.15) is 5.82 Å². The number of fused-ring (bicyclic) bond motifs is 1. The fraction of sp³-hybridized carbons (Fsp3) is 0.500. The second-order valence-corrected chi connectivity index (χ2v) is 5.09. The summed E-state index contributed by atoms with van der Waals surface area (Å²) in [5.74, 6) is 1.09. The summed E-state index contributed by atoms with van der Waals surface area (Å²) in [6.45, 7) is 3.21. The highest BCUT2D eigenvalue weighted by Gasteiger charge is 2.38. The van der Waals surface area contributed by atoms with E-state index in [9.17, 15) is 0 Å². The van der Waals surface area contributed by atoms with Crippen LogP contribution in [0.2, 0.25) is 0 Å². The van der Waals surface area contributed by atoms with Crippen LogP contribution < -0.4 is 5.73 Å². The monoisotopic (exact) mass is 229 g/mol. The average molecular weight is 229 g/mol. The van der Waals surface area contributed by atoms with Gasteiger partial charge in [0.15, 0.2) is 0 Å². The van der Waals surface area contributed by atoms with Gasteiger partial charge in [-0.1, -0.05) is 19.1 Å². The predicted octanol–water partition coefficient (Wildman–Crippen LogP) is 2.78. The van der Waals surface area contributed by atoms with Crippen molar-refractivity contribution in [3.63, 3.8) is 0 Å². The lowest BCUT2D eigenvalue weighted by Crippen LogP contribution is -2.45. The minimum absolute atomic E-state index is 0.172. The van der Waals surface area contributed by atoms with Gasteiger partial charge < -0.3 is 10.3 Å². The SMILES string of the molecule is CCCn1c(C2(N)CCC2)nc2ccccc21. The van der Waals surface area contributed by atoms with Crippen molar-refractivity contribution in [2.24, 2.45) is 5.73 Å². The zero-order valence-corrected chi connectivity index (χ0v) is 10.3. The summed E-state index contributed by atoms with van der Waals surface area (Å²) < 4.78 is 2.31. The highest BCUT2D eigenvalue weighted by molar-refractivity contribution is 5.76. The fourth-order valence-electron chi connectivity index (χ4n) is 2.69. The Morgan fingerprint density at radius 3 is 2.76 bits per heavy atom. The molecule has 3 nitrogen and oxygen atoms in total. The molecule has 1 aromatic heterocycles. The number of hydrogen-bond acceptors (Lipinski definition) is 2. The minimum atomic E-state index is -0.172. The van der Waals surface area contributed by atoms with Crippen LogP contribution in [-0.2, 0) is 12.1 Å². The molecule has 0 radical (unpaired) electrons. The molecule has 0 unspecified atom stereocenters. The first-order valence-corrected chi connectivity index (χ1v) is 6.49. The van der Waals surface area contributed by atoms with Crippen LogP contribution in [0.4, 0.5) is 0 Å². The third kappa shape index (κ3) is 1.57. The molecule has 90 valence electrons. The smallest absolute Gasteiger partial charge is 0.130 e. The van der Waals surface area contributed by atoms with Gasteiger partial charge in [-0.2, -0.15) is 0 Å². The lowest BCUT2D eigenvalue weighted by Gasteiger charge is -2.37. The summed E-state index contributed by atoms with van der Waals surface area (Å²) in [5, 5.41) is 0. The number of hydrogen-bond donors (Lipinski definition) is 1. The lowest BCUT2D eigenvalue weighted by molar-refractivity contribution is 0.231. The summed E-state index contributed by atoms with van der Waals surface area (Å²) in [7, 11) is 0. The molecular formula is C14H19N3. The van der Waals surface area contributed by atoms with Crippen molar-refractivity contribution in [3.05, 3.63) is 30.1 Å². The van der Waals surface area contributed by atoms with E-state index in [2.05, 4.69) is 29.7 Å². The van der Waals surface area contributed by atoms with Crippen LogP contribution in [0, 0.1) is 0 Å². The molecule has 1 aliphatic rings. The molecule has 1 saturated carbocycles. The maximum Gasteiger partial charge on any atom is 0.130 e. The van der Waals surface area contributed by atoms with Gasteiger partial charge in [-0.05, 0) is 37.8 Å². The number of aromatic nitrogens is 2. The number of aryl methyl sites for hydroxylation is 1. The van der Waals surface area contributed by atoms with Crippen molar-refractivity contribution in [1.29, 1.82) is 0 Å². The first-order valence-electron chi connectivity index (χ1n) is 6.49. The van der Waals surface area contributed by atoms with Crippen molar-refractivity contribution in [3.8, 4) is 0 Å². The van der Waals surface area contributed by atoms with Crippen molar-refractivity contribution in [2.75, 3.05) is 0 Å². The van der Waals surface area contributed by atoms with E-state index in [-0.39, 0.29) is 5.54 Å². The maximum absolute atomic E-state index is 6.44. The zero-order chi connectivity index (χ0) is 11.9. The maximum atomic E-state index is 6.44. The number of para-hydroxylation sites is 2. The van der Waals surface area contributed by atoms with Crippen molar-refractivity contribution in [1.82, 2.24) is 9.55 Å². The van der Waals surface area contributed by atoms with Crippen LogP contribution in [0.3, 0.4) is 0 Å². The molecule has 1 aromatic carbocycles. The van der Waals surface area contributed by atoms with Crippen LogP contribution in [0.15, 0.2) is 24.3 Å². The Labute approximate surface area is 102 Å². The number of benzene rings is 1. The van der Waals surface area contributed by atoms with E-state index in [1.165, 1.54) is 11.9 Å². The fourth-order valence-corrected chi connectivity index (χ4v) is 2.69. The number of rotatable bonds is 3. The molecular weight excluding hydrogens is 210 g/mol. The van der Waals surface area contributed by atoms with Crippen molar-refractivity contribution >= 4 is 11.0 Å². The third-order valence-corrected chi connectivity index (χ3v) is 3.79. The lowest BCUT2D eigenvalue weighted by atomic mass is 9.77. The van der Waals surface area contributed by atoms with E-state index in [1.54, 1.807) is 0 Å². The second-order valence-electron chi connectivity index (χ2n) is 5.09. The normalized spacial score (nSPS) is 18.2. The summed E-state index contributed by atoms with van der Waals surface area (Å²) in [6.07, 6.45) is 4.48. The first kappa shape index (κ1) is 10.8. The Kier molecular flexibility index (Phi) is 2.44. The molecule has 0 aliphatic heterocycles. The Morgan fingerprint density at radius 2 is 2.12 bits per heavy atom. The van der Waals surface area contributed by atoms with Gasteiger partial charge >= 0.3 is 0 Å². The Bertz CT molecular complexity index is 537. The molecule has 1 aliphatic carbocycles. The molecule has 17 heavy (non-hydrogen) atoms. The molecule has 2 N–H and O–H groups in total. The average Bonchev–Trinajstić information content (AvgIpc) is 2.66. The Balaban J connectivity index is 2.19. The van der Waals surface area contributed by atoms with E-state index in [4.69, 9.17) is 10.7 Å². The number of nitrogens with zero attached hydrogens (tertiary/aromatic N) is 2. The molecule has 1 heterocycles. The second kappa shape index (κ2) is 3.84. The van der Waals surface area contributed by atoms with Crippen LogP contribution in [0.5, 0.6) is 0 Å². The number of nitrogens with two attached hydrogens (primary N) is 1. The third-order valence-electron chi connectivity index (χ3n) is 3.79. The molecule has 2 aromatic rings. The molecule has 0 atom stereocenters. The number of imidazole rings is 1. The van der Waals surface area contributed by atoms with E-state index in [0.29, 0.717) is 0 Å². The van der Waals surface area contributed by atoms with Crippen LogP contribution in [-0.4, -0.2) is 9.55 Å². The van der Waals surface area contributed by atoms with Gasteiger partial charge in [-0.15, -0.1) is 0 Å². The van der Waals surface area contributed by atoms with Gasteiger partial charge in [0.2, 0.25) is 0 Å². The van der Waals surface area contributed by atoms with Crippen LogP contribution in [0.25, 0.3) is 11.0 Å². The zero-order valence-electron chi connectivity index (χ0n) is 10.3. The summed E-state index contributed by atoms with van der Waals surface area (Å²) in [6, 6.07) is 8.33. The predicted molar refractivity (Wildman–Crippen MR) is 69.7 cm³/mol. The molecule has 0 saturated heterocycles.